The first kappa shape index (κ1) is 11.5. The Hall–Kier alpha value is -0.990. The van der Waals surface area contributed by atoms with Gasteiger partial charge in [-0.05, 0) is 31.0 Å². The summed E-state index contributed by atoms with van der Waals surface area (Å²) in [6.45, 7) is 4.38. The van der Waals surface area contributed by atoms with Crippen LogP contribution in [-0.4, -0.2) is 18.1 Å². The number of aryl methyl sites for hydroxylation is 1. The van der Waals surface area contributed by atoms with Crippen LogP contribution in [0, 0.1) is 6.92 Å². The van der Waals surface area contributed by atoms with Crippen molar-refractivity contribution in [3.8, 4) is 0 Å². The second-order valence-electron chi connectivity index (χ2n) is 4.33. The monoisotopic (exact) mass is 236 g/mol. The van der Waals surface area contributed by atoms with Gasteiger partial charge in [0.25, 0.3) is 0 Å². The number of nitrogens with one attached hydrogen (secondary N) is 2. The number of hydrogen-bond donors (Lipinski definition) is 2. The average molecular weight is 237 g/mol. The zero-order valence-electron chi connectivity index (χ0n) is 9.47. The Morgan fingerprint density at radius 1 is 1.12 bits per heavy atom. The van der Waals surface area contributed by atoms with Crippen molar-refractivity contribution in [2.24, 2.45) is 0 Å². The maximum Gasteiger partial charge on any atom is 0.0488 e. The van der Waals surface area contributed by atoms with Crippen molar-refractivity contribution in [3.05, 3.63) is 35.0 Å². The maximum atomic E-state index is 3.58. The Labute approximate surface area is 102 Å². The lowest BCUT2D eigenvalue weighted by atomic mass is 10.1. The van der Waals surface area contributed by atoms with E-state index in [1.165, 1.54) is 27.7 Å². The molecule has 0 fully saturated rings. The lowest BCUT2D eigenvalue weighted by Gasteiger charge is -1.99. The second-order valence-corrected chi connectivity index (χ2v) is 4.33. The molecular formula is C13H17ClN2. The lowest BCUT2D eigenvalue weighted by molar-refractivity contribution is 0.708. The Kier molecular flexibility index (Phi) is 3.22. The van der Waals surface area contributed by atoms with Crippen LogP contribution in [0.15, 0.2) is 18.2 Å². The molecule has 1 aliphatic rings. The summed E-state index contributed by atoms with van der Waals surface area (Å²) in [5.41, 5.74) is 5.65. The third-order valence-corrected chi connectivity index (χ3v) is 3.34. The molecule has 2 heterocycles. The summed E-state index contributed by atoms with van der Waals surface area (Å²) in [7, 11) is 0. The summed E-state index contributed by atoms with van der Waals surface area (Å²) in [4.78, 5) is 3.58. The third kappa shape index (κ3) is 1.72. The zero-order chi connectivity index (χ0) is 10.3. The zero-order valence-corrected chi connectivity index (χ0v) is 10.3. The second kappa shape index (κ2) is 4.48. The highest BCUT2D eigenvalue weighted by Crippen LogP contribution is 2.26. The van der Waals surface area contributed by atoms with Gasteiger partial charge in [0, 0.05) is 29.6 Å². The van der Waals surface area contributed by atoms with Gasteiger partial charge in [-0.3, -0.25) is 0 Å². The van der Waals surface area contributed by atoms with Crippen LogP contribution in [0.5, 0.6) is 0 Å². The van der Waals surface area contributed by atoms with Crippen LogP contribution < -0.4 is 5.32 Å². The third-order valence-electron chi connectivity index (χ3n) is 3.34. The standard InChI is InChI=1S/C13H16N2.ClH/c1-9-3-2-4-11-10-5-7-14-8-6-12(10)15-13(9)11;/h2-4,14-15H,5-8H2,1H3;1H. The van der Waals surface area contributed by atoms with Crippen molar-refractivity contribution in [2.75, 3.05) is 13.1 Å². The van der Waals surface area contributed by atoms with Crippen molar-refractivity contribution < 1.29 is 0 Å². The number of benzene rings is 1. The predicted molar refractivity (Wildman–Crippen MR) is 70.6 cm³/mol. The minimum Gasteiger partial charge on any atom is -0.358 e. The van der Waals surface area contributed by atoms with E-state index < -0.39 is 0 Å². The predicted octanol–water partition coefficient (Wildman–Crippen LogP) is 2.59. The molecule has 1 aliphatic heterocycles. The van der Waals surface area contributed by atoms with Crippen molar-refractivity contribution in [1.82, 2.24) is 10.3 Å². The summed E-state index contributed by atoms with van der Waals surface area (Å²) < 4.78 is 0. The van der Waals surface area contributed by atoms with Gasteiger partial charge in [0.1, 0.15) is 0 Å². The number of rotatable bonds is 0. The van der Waals surface area contributed by atoms with Crippen LogP contribution in [0.2, 0.25) is 0 Å². The summed E-state index contributed by atoms with van der Waals surface area (Å²) >= 11 is 0. The highest BCUT2D eigenvalue weighted by atomic mass is 35.5. The summed E-state index contributed by atoms with van der Waals surface area (Å²) in [5, 5.41) is 4.86. The first-order chi connectivity index (χ1) is 7.36. The normalized spacial score (nSPS) is 15.3. The van der Waals surface area contributed by atoms with Gasteiger partial charge >= 0.3 is 0 Å². The first-order valence-corrected chi connectivity index (χ1v) is 5.66. The average Bonchev–Trinajstić information content (AvgIpc) is 2.45. The van der Waals surface area contributed by atoms with E-state index in [4.69, 9.17) is 0 Å². The van der Waals surface area contributed by atoms with E-state index in [0.717, 1.165) is 25.9 Å². The van der Waals surface area contributed by atoms with Crippen LogP contribution in [-0.2, 0) is 12.8 Å². The molecule has 0 amide bonds. The molecule has 86 valence electrons. The molecule has 2 N–H and O–H groups in total. The molecular weight excluding hydrogens is 220 g/mol. The molecule has 0 unspecified atom stereocenters. The molecule has 3 rings (SSSR count). The van der Waals surface area contributed by atoms with E-state index in [1.54, 1.807) is 0 Å². The highest BCUT2D eigenvalue weighted by Gasteiger charge is 2.14. The fraction of sp³-hybridized carbons (Fsp3) is 0.385. The summed E-state index contributed by atoms with van der Waals surface area (Å²) in [5.74, 6) is 0. The fourth-order valence-corrected chi connectivity index (χ4v) is 2.52. The van der Waals surface area contributed by atoms with Crippen molar-refractivity contribution >= 4 is 23.3 Å². The first-order valence-electron chi connectivity index (χ1n) is 5.66. The van der Waals surface area contributed by atoms with Gasteiger partial charge in [-0.1, -0.05) is 18.2 Å². The van der Waals surface area contributed by atoms with Crippen LogP contribution in [0.3, 0.4) is 0 Å². The highest BCUT2D eigenvalue weighted by molar-refractivity contribution is 5.87. The smallest absolute Gasteiger partial charge is 0.0488 e. The molecule has 2 nitrogen and oxygen atoms in total. The molecule has 0 aliphatic carbocycles. The topological polar surface area (TPSA) is 27.8 Å². The molecule has 0 bridgehead atoms. The van der Waals surface area contributed by atoms with E-state index in [2.05, 4.69) is 35.4 Å². The molecule has 0 saturated heterocycles. The number of hydrogen-bond acceptors (Lipinski definition) is 1. The Morgan fingerprint density at radius 3 is 2.81 bits per heavy atom. The fourth-order valence-electron chi connectivity index (χ4n) is 2.52. The van der Waals surface area contributed by atoms with Crippen molar-refractivity contribution in [3.63, 3.8) is 0 Å². The van der Waals surface area contributed by atoms with Gasteiger partial charge in [0.15, 0.2) is 0 Å². The van der Waals surface area contributed by atoms with E-state index in [1.807, 2.05) is 0 Å². The van der Waals surface area contributed by atoms with E-state index >= 15 is 0 Å². The van der Waals surface area contributed by atoms with Crippen LogP contribution in [0.4, 0.5) is 0 Å². The lowest BCUT2D eigenvalue weighted by Crippen LogP contribution is -2.16. The number of H-pyrrole nitrogens is 1. The molecule has 3 heteroatoms. The van der Waals surface area contributed by atoms with Gasteiger partial charge in [-0.15, -0.1) is 12.4 Å². The Morgan fingerprint density at radius 2 is 1.94 bits per heavy atom. The van der Waals surface area contributed by atoms with Gasteiger partial charge in [0.05, 0.1) is 0 Å². The van der Waals surface area contributed by atoms with Crippen LogP contribution in [0.1, 0.15) is 16.8 Å². The molecule has 1 aromatic heterocycles. The SMILES string of the molecule is Cc1cccc2c3c([nH]c12)CCNCC3.Cl. The maximum absolute atomic E-state index is 3.58. The van der Waals surface area contributed by atoms with Crippen LogP contribution in [0.25, 0.3) is 10.9 Å². The minimum atomic E-state index is 0. The number of halogens is 1. The molecule has 0 spiro atoms. The number of aromatic amines is 1. The number of para-hydroxylation sites is 1. The molecule has 0 radical (unpaired) electrons. The van der Waals surface area contributed by atoms with E-state index in [-0.39, 0.29) is 12.4 Å². The molecule has 1 aromatic carbocycles. The molecule has 16 heavy (non-hydrogen) atoms. The Balaban J connectivity index is 0.000000963. The van der Waals surface area contributed by atoms with E-state index in [9.17, 15) is 0 Å². The summed E-state index contributed by atoms with van der Waals surface area (Å²) in [6.07, 6.45) is 2.28. The van der Waals surface area contributed by atoms with E-state index in [0.29, 0.717) is 0 Å². The number of fused-ring (bicyclic) bond motifs is 3. The van der Waals surface area contributed by atoms with Gasteiger partial charge in [0.2, 0.25) is 0 Å². The quantitative estimate of drug-likeness (QED) is 0.723. The minimum absolute atomic E-state index is 0. The largest absolute Gasteiger partial charge is 0.358 e. The number of aromatic nitrogens is 1. The van der Waals surface area contributed by atoms with Crippen molar-refractivity contribution in [1.29, 1.82) is 0 Å². The summed E-state index contributed by atoms with van der Waals surface area (Å²) in [6, 6.07) is 6.57. The molecule has 2 aromatic rings. The van der Waals surface area contributed by atoms with Crippen molar-refractivity contribution in [2.45, 2.75) is 19.8 Å². The van der Waals surface area contributed by atoms with Gasteiger partial charge in [-0.2, -0.15) is 0 Å². The van der Waals surface area contributed by atoms with Gasteiger partial charge in [-0.25, -0.2) is 0 Å². The Bertz CT molecular complexity index is 502. The van der Waals surface area contributed by atoms with Gasteiger partial charge < -0.3 is 10.3 Å². The molecule has 0 saturated carbocycles. The van der Waals surface area contributed by atoms with Crippen LogP contribution >= 0.6 is 12.4 Å². The molecule has 0 atom stereocenters.